The van der Waals surface area contributed by atoms with E-state index in [1.807, 2.05) is 12.1 Å². The molecule has 1 aliphatic heterocycles. The predicted molar refractivity (Wildman–Crippen MR) is 144 cm³/mol. The van der Waals surface area contributed by atoms with Crippen molar-refractivity contribution in [3.63, 3.8) is 0 Å². The number of halogens is 2. The monoisotopic (exact) mass is 574 g/mol. The van der Waals surface area contributed by atoms with Crippen molar-refractivity contribution < 1.29 is 22.3 Å². The highest BCUT2D eigenvalue weighted by Crippen LogP contribution is 2.40. The van der Waals surface area contributed by atoms with E-state index in [1.54, 1.807) is 36.5 Å². The molecule has 12 heteroatoms. The van der Waals surface area contributed by atoms with Crippen LogP contribution in [0.3, 0.4) is 0 Å². The maximum absolute atomic E-state index is 13.9. The third-order valence-electron chi connectivity index (χ3n) is 6.51. The second-order valence-electron chi connectivity index (χ2n) is 8.84. The van der Waals surface area contributed by atoms with Crippen LogP contribution >= 0.6 is 22.9 Å². The molecular weight excluding hydrogens is 551 g/mol. The molecule has 1 fully saturated rings. The number of aromatic nitrogens is 2. The van der Waals surface area contributed by atoms with Gasteiger partial charge in [-0.15, -0.1) is 0 Å². The lowest BCUT2D eigenvalue weighted by atomic mass is 9.96. The number of fused-ring (bicyclic) bond motifs is 1. The highest BCUT2D eigenvalue weighted by atomic mass is 35.5. The fourth-order valence-electron chi connectivity index (χ4n) is 4.45. The Morgan fingerprint density at radius 1 is 1.13 bits per heavy atom. The summed E-state index contributed by atoms with van der Waals surface area (Å²) in [5.74, 6) is -0.491. The number of anilines is 1. The van der Waals surface area contributed by atoms with E-state index < -0.39 is 21.8 Å². The van der Waals surface area contributed by atoms with Gasteiger partial charge in [0.15, 0.2) is 5.13 Å². The van der Waals surface area contributed by atoms with Crippen molar-refractivity contribution in [3.8, 4) is 5.75 Å². The number of amides is 1. The van der Waals surface area contributed by atoms with Crippen LogP contribution in [-0.4, -0.2) is 48.8 Å². The molecule has 0 spiro atoms. The van der Waals surface area contributed by atoms with Crippen molar-refractivity contribution in [1.82, 2.24) is 14.3 Å². The molecule has 0 radical (unpaired) electrons. The quantitative estimate of drug-likeness (QED) is 0.304. The first-order chi connectivity index (χ1) is 18.3. The van der Waals surface area contributed by atoms with Gasteiger partial charge in [0.1, 0.15) is 17.1 Å². The van der Waals surface area contributed by atoms with Crippen molar-refractivity contribution >= 4 is 54.2 Å². The molecule has 0 saturated carbocycles. The number of carbonyl (C=O) groups is 1. The van der Waals surface area contributed by atoms with Crippen molar-refractivity contribution in [2.24, 2.45) is 5.92 Å². The molecule has 5 rings (SSSR count). The fraction of sp³-hybridized carbons (Fsp3) is 0.269. The number of sulfonamides is 1. The maximum Gasteiger partial charge on any atom is 0.243 e. The first-order valence-corrected chi connectivity index (χ1v) is 14.5. The molecule has 198 valence electrons. The van der Waals surface area contributed by atoms with Crippen LogP contribution in [0.15, 0.2) is 65.8 Å². The second kappa shape index (κ2) is 10.9. The van der Waals surface area contributed by atoms with E-state index in [4.69, 9.17) is 21.3 Å². The van der Waals surface area contributed by atoms with E-state index >= 15 is 0 Å². The van der Waals surface area contributed by atoms with Gasteiger partial charge >= 0.3 is 0 Å². The zero-order chi connectivity index (χ0) is 26.9. The van der Waals surface area contributed by atoms with E-state index in [9.17, 15) is 17.6 Å². The molecule has 8 nitrogen and oxygen atoms in total. The van der Waals surface area contributed by atoms with Gasteiger partial charge in [-0.3, -0.25) is 14.7 Å². The normalized spacial score (nSPS) is 15.0. The molecule has 38 heavy (non-hydrogen) atoms. The maximum atomic E-state index is 13.9. The van der Waals surface area contributed by atoms with Gasteiger partial charge in [0.25, 0.3) is 0 Å². The van der Waals surface area contributed by atoms with Crippen LogP contribution in [0.1, 0.15) is 18.4 Å². The third-order valence-corrected chi connectivity index (χ3v) is 9.96. The molecule has 3 heterocycles. The Bertz CT molecular complexity index is 1560. The molecule has 4 aromatic rings. The smallest absolute Gasteiger partial charge is 0.243 e. The number of benzene rings is 2. The molecule has 0 unspecified atom stereocenters. The molecular formula is C26H24ClFN4O4S2. The number of ether oxygens (including phenoxy) is 1. The minimum Gasteiger partial charge on any atom is -0.494 e. The summed E-state index contributed by atoms with van der Waals surface area (Å²) in [6.45, 7) is 0.632. The predicted octanol–water partition coefficient (Wildman–Crippen LogP) is 5.13. The van der Waals surface area contributed by atoms with E-state index in [0.717, 1.165) is 17.7 Å². The largest absolute Gasteiger partial charge is 0.494 e. The minimum absolute atomic E-state index is 0.0308. The first kappa shape index (κ1) is 26.5. The molecule has 2 aromatic heterocycles. The van der Waals surface area contributed by atoms with Gasteiger partial charge in [0.05, 0.1) is 28.3 Å². The Morgan fingerprint density at radius 3 is 2.47 bits per heavy atom. The topological polar surface area (TPSA) is 92.7 Å². The summed E-state index contributed by atoms with van der Waals surface area (Å²) in [5, 5.41) is 0.995. The van der Waals surface area contributed by atoms with Crippen LogP contribution in [0.4, 0.5) is 9.52 Å². The number of thiazole rings is 1. The molecule has 1 amide bonds. The summed E-state index contributed by atoms with van der Waals surface area (Å²) >= 11 is 7.74. The molecule has 1 saturated heterocycles. The van der Waals surface area contributed by atoms with Crippen LogP contribution in [0, 0.1) is 11.7 Å². The van der Waals surface area contributed by atoms with Gasteiger partial charge in [-0.05, 0) is 66.9 Å². The summed E-state index contributed by atoms with van der Waals surface area (Å²) in [6.07, 6.45) is 4.02. The highest BCUT2D eigenvalue weighted by molar-refractivity contribution is 7.89. The van der Waals surface area contributed by atoms with Gasteiger partial charge in [-0.2, -0.15) is 4.31 Å². The number of nitrogens with zero attached hydrogens (tertiary/aromatic N) is 4. The minimum atomic E-state index is -3.78. The Kier molecular flexibility index (Phi) is 7.62. The molecule has 2 aromatic carbocycles. The van der Waals surface area contributed by atoms with Crippen molar-refractivity contribution in [3.05, 3.63) is 77.3 Å². The lowest BCUT2D eigenvalue weighted by molar-refractivity contribution is -0.123. The SMILES string of the molecule is COc1ccc(Cl)c2sc(N(Cc3ccncc3)C(=O)C3CCN(S(=O)(=O)c4ccc(F)cc4)CC3)nc12. The van der Waals surface area contributed by atoms with Crippen LogP contribution in [0.2, 0.25) is 5.02 Å². The zero-order valence-corrected chi connectivity index (χ0v) is 22.8. The van der Waals surface area contributed by atoms with Crippen LogP contribution in [-0.2, 0) is 21.4 Å². The Morgan fingerprint density at radius 2 is 1.82 bits per heavy atom. The van der Waals surface area contributed by atoms with Gasteiger partial charge in [0, 0.05) is 31.4 Å². The number of piperidine rings is 1. The number of hydrogen-bond donors (Lipinski definition) is 0. The van der Waals surface area contributed by atoms with Gasteiger partial charge in [-0.1, -0.05) is 22.9 Å². The Balaban J connectivity index is 1.40. The van der Waals surface area contributed by atoms with Crippen LogP contribution in [0.5, 0.6) is 5.75 Å². The number of methoxy groups -OCH3 is 1. The van der Waals surface area contributed by atoms with Gasteiger partial charge in [0.2, 0.25) is 15.9 Å². The van der Waals surface area contributed by atoms with Gasteiger partial charge < -0.3 is 4.74 Å². The second-order valence-corrected chi connectivity index (χ2v) is 12.2. The summed E-state index contributed by atoms with van der Waals surface area (Å²) in [7, 11) is -2.23. The molecule has 1 aliphatic rings. The average Bonchev–Trinajstić information content (AvgIpc) is 3.39. The standard InChI is InChI=1S/C26H24ClFN4O4S2/c1-36-22-7-6-21(27)24-23(22)30-26(37-24)32(16-17-8-12-29-13-9-17)25(33)18-10-14-31(15-11-18)38(34,35)20-4-2-19(28)3-5-20/h2-9,12-13,18H,10-11,14-16H2,1H3. The Hall–Kier alpha value is -3.12. The zero-order valence-electron chi connectivity index (χ0n) is 20.4. The van der Waals surface area contributed by atoms with Crippen LogP contribution in [0.25, 0.3) is 10.2 Å². The average molecular weight is 575 g/mol. The van der Waals surface area contributed by atoms with Crippen molar-refractivity contribution in [2.45, 2.75) is 24.3 Å². The number of hydrogen-bond acceptors (Lipinski definition) is 7. The van der Waals surface area contributed by atoms with E-state index in [-0.39, 0.29) is 30.4 Å². The van der Waals surface area contributed by atoms with Gasteiger partial charge in [-0.25, -0.2) is 17.8 Å². The van der Waals surface area contributed by atoms with E-state index in [0.29, 0.717) is 39.0 Å². The third kappa shape index (κ3) is 5.24. The Labute approximate surface area is 228 Å². The first-order valence-electron chi connectivity index (χ1n) is 11.9. The lowest BCUT2D eigenvalue weighted by Crippen LogP contribution is -2.44. The fourth-order valence-corrected chi connectivity index (χ4v) is 7.18. The van der Waals surface area contributed by atoms with Crippen molar-refractivity contribution in [1.29, 1.82) is 0 Å². The molecule has 0 aliphatic carbocycles. The summed E-state index contributed by atoms with van der Waals surface area (Å²) < 4.78 is 46.9. The molecule has 0 atom stereocenters. The summed E-state index contributed by atoms with van der Waals surface area (Å²) in [5.41, 5.74) is 1.45. The lowest BCUT2D eigenvalue weighted by Gasteiger charge is -2.33. The number of carbonyl (C=O) groups excluding carboxylic acids is 1. The van der Waals surface area contributed by atoms with E-state index in [1.165, 1.54) is 27.8 Å². The summed E-state index contributed by atoms with van der Waals surface area (Å²) in [4.78, 5) is 24.3. The van der Waals surface area contributed by atoms with Crippen LogP contribution < -0.4 is 9.64 Å². The summed E-state index contributed by atoms with van der Waals surface area (Å²) in [6, 6.07) is 11.9. The molecule has 0 N–H and O–H groups in total. The molecule has 0 bridgehead atoms. The van der Waals surface area contributed by atoms with E-state index in [2.05, 4.69) is 4.98 Å². The number of pyridine rings is 1. The number of rotatable bonds is 7. The van der Waals surface area contributed by atoms with Crippen molar-refractivity contribution in [2.75, 3.05) is 25.1 Å². The highest BCUT2D eigenvalue weighted by Gasteiger charge is 2.35.